The van der Waals surface area contributed by atoms with Crippen molar-refractivity contribution in [2.24, 2.45) is 5.92 Å². The average Bonchev–Trinajstić information content (AvgIpc) is 2.73. The summed E-state index contributed by atoms with van der Waals surface area (Å²) in [4.78, 5) is 11.3. The van der Waals surface area contributed by atoms with Crippen molar-refractivity contribution in [1.29, 1.82) is 0 Å². The second-order valence-corrected chi connectivity index (χ2v) is 7.63. The van der Waals surface area contributed by atoms with E-state index in [1.807, 2.05) is 0 Å². The first-order chi connectivity index (χ1) is 14.9. The van der Waals surface area contributed by atoms with E-state index in [1.54, 1.807) is 12.1 Å². The van der Waals surface area contributed by atoms with E-state index in [9.17, 15) is 25.2 Å². The fourth-order valence-corrected chi connectivity index (χ4v) is 4.12. The normalized spacial score (nSPS) is 39.8. The molecule has 1 saturated heterocycles. The van der Waals surface area contributed by atoms with Crippen LogP contribution in [0.3, 0.4) is 0 Å². The maximum absolute atomic E-state index is 11.5. The number of ether oxygens (including phenoxy) is 2. The third-order valence-electron chi connectivity index (χ3n) is 5.78. The molecule has 1 aliphatic heterocycles. The van der Waals surface area contributed by atoms with Crippen LogP contribution >= 0.6 is 0 Å². The average molecular weight is 414 g/mol. The number of carboxylic acid groups (broad SMARTS) is 1. The van der Waals surface area contributed by atoms with E-state index in [-0.39, 0.29) is 18.2 Å². The standard InChI is InChI=1S/C20H29NO8/c1-21-10-12-5-2-3-8-20(12,27)11-6-4-7-13(9-11)28-19-16(24)14(22)15(23)17(29-19)18(25)26/h4,6-7,9,12,14-17,19,21-24,27H,2-3,5,8,10H2,1H3,(H,25,26)/t12-,14+,15+,16-,17+,19?,20+/m1/s1/i1D3. The van der Waals surface area contributed by atoms with E-state index in [1.165, 1.54) is 12.1 Å². The quantitative estimate of drug-likeness (QED) is 0.364. The smallest absolute Gasteiger partial charge is 0.335 e. The molecule has 1 aromatic rings. The van der Waals surface area contributed by atoms with Crippen LogP contribution in [-0.2, 0) is 15.1 Å². The first-order valence-electron chi connectivity index (χ1n) is 11.1. The summed E-state index contributed by atoms with van der Waals surface area (Å²) < 4.78 is 32.8. The number of nitrogens with one attached hydrogen (secondary N) is 1. The third-order valence-corrected chi connectivity index (χ3v) is 5.78. The van der Waals surface area contributed by atoms with E-state index in [2.05, 4.69) is 5.32 Å². The zero-order chi connectivity index (χ0) is 23.7. The number of hydrogen-bond acceptors (Lipinski definition) is 8. The minimum Gasteiger partial charge on any atom is -0.479 e. The molecule has 9 heteroatoms. The van der Waals surface area contributed by atoms with E-state index in [0.29, 0.717) is 18.4 Å². The van der Waals surface area contributed by atoms with Crippen LogP contribution in [0.2, 0.25) is 0 Å². The summed E-state index contributed by atoms with van der Waals surface area (Å²) in [5.74, 6) is -1.75. The molecule has 1 aliphatic carbocycles. The molecule has 1 heterocycles. The Bertz CT molecular complexity index is 809. The largest absolute Gasteiger partial charge is 0.479 e. The van der Waals surface area contributed by atoms with Crippen molar-refractivity contribution in [1.82, 2.24) is 5.32 Å². The number of rotatable bonds is 6. The van der Waals surface area contributed by atoms with Gasteiger partial charge in [0.05, 0.1) is 5.60 Å². The fourth-order valence-electron chi connectivity index (χ4n) is 4.12. The lowest BCUT2D eigenvalue weighted by Gasteiger charge is -2.41. The van der Waals surface area contributed by atoms with Gasteiger partial charge in [-0.2, -0.15) is 0 Å². The number of carbonyl (C=O) groups is 1. The van der Waals surface area contributed by atoms with Gasteiger partial charge in [0.1, 0.15) is 24.1 Å². The van der Waals surface area contributed by atoms with Gasteiger partial charge in [-0.05, 0) is 37.5 Å². The number of benzene rings is 1. The lowest BCUT2D eigenvalue weighted by molar-refractivity contribution is -0.271. The van der Waals surface area contributed by atoms with Crippen molar-refractivity contribution in [3.8, 4) is 5.75 Å². The molecule has 0 aromatic heterocycles. The Balaban J connectivity index is 1.80. The highest BCUT2D eigenvalue weighted by Crippen LogP contribution is 2.42. The maximum atomic E-state index is 11.5. The molecule has 0 bridgehead atoms. The summed E-state index contributed by atoms with van der Waals surface area (Å²) >= 11 is 0. The van der Waals surface area contributed by atoms with Crippen LogP contribution in [0.1, 0.15) is 35.4 Å². The predicted octanol–water partition coefficient (Wildman–Crippen LogP) is -0.445. The maximum Gasteiger partial charge on any atom is 0.335 e. The molecule has 1 aromatic carbocycles. The van der Waals surface area contributed by atoms with Crippen LogP contribution in [0.5, 0.6) is 5.75 Å². The highest BCUT2D eigenvalue weighted by molar-refractivity contribution is 5.73. The molecule has 7 atom stereocenters. The first-order valence-corrected chi connectivity index (χ1v) is 9.59. The van der Waals surface area contributed by atoms with Crippen LogP contribution in [0.15, 0.2) is 24.3 Å². The topological polar surface area (TPSA) is 149 Å². The molecule has 3 rings (SSSR count). The van der Waals surface area contributed by atoms with Crippen LogP contribution in [0.4, 0.5) is 0 Å². The Morgan fingerprint density at radius 2 is 2.10 bits per heavy atom. The van der Waals surface area contributed by atoms with Crippen molar-refractivity contribution >= 4 is 5.97 Å². The van der Waals surface area contributed by atoms with Gasteiger partial charge in [0.15, 0.2) is 6.10 Å². The van der Waals surface area contributed by atoms with E-state index in [4.69, 9.17) is 18.7 Å². The third kappa shape index (κ3) is 4.40. The zero-order valence-electron chi connectivity index (χ0n) is 18.8. The molecule has 6 N–H and O–H groups in total. The van der Waals surface area contributed by atoms with Gasteiger partial charge in [-0.1, -0.05) is 25.0 Å². The molecule has 0 radical (unpaired) electrons. The molecule has 1 unspecified atom stereocenters. The Hall–Kier alpha value is -1.75. The van der Waals surface area contributed by atoms with Crippen molar-refractivity contribution < 1.29 is 43.9 Å². The number of aliphatic hydroxyl groups excluding tert-OH is 3. The minimum absolute atomic E-state index is 0.0902. The molecule has 1 saturated carbocycles. The number of carboxylic acids is 1. The van der Waals surface area contributed by atoms with Gasteiger partial charge in [0.25, 0.3) is 0 Å². The molecule has 29 heavy (non-hydrogen) atoms. The molecule has 0 amide bonds. The second kappa shape index (κ2) is 8.95. The van der Waals surface area contributed by atoms with Gasteiger partial charge in [-0.15, -0.1) is 0 Å². The Morgan fingerprint density at radius 3 is 2.83 bits per heavy atom. The van der Waals surface area contributed by atoms with Crippen LogP contribution < -0.4 is 10.1 Å². The van der Waals surface area contributed by atoms with Crippen molar-refractivity contribution in [2.75, 3.05) is 13.5 Å². The molecule has 9 nitrogen and oxygen atoms in total. The lowest BCUT2D eigenvalue weighted by atomic mass is 9.71. The summed E-state index contributed by atoms with van der Waals surface area (Å²) in [5, 5.41) is 53.0. The van der Waals surface area contributed by atoms with Crippen molar-refractivity contribution in [3.05, 3.63) is 29.8 Å². The SMILES string of the molecule is [2H]C([2H])([2H])NC[C@H]1CCCC[C@]1(O)c1cccc(OC2O[C@H](C(=O)O)[C@@H](O)[C@H](O)[C@H]2O)c1. The van der Waals surface area contributed by atoms with Gasteiger partial charge in [-0.25, -0.2) is 4.79 Å². The molecular formula is C20H29NO8. The zero-order valence-corrected chi connectivity index (χ0v) is 15.8. The van der Waals surface area contributed by atoms with Crippen LogP contribution in [0, 0.1) is 5.92 Å². The Kier molecular flexibility index (Phi) is 5.57. The van der Waals surface area contributed by atoms with Crippen LogP contribution in [-0.4, -0.2) is 75.7 Å². The summed E-state index contributed by atoms with van der Waals surface area (Å²) in [6.45, 7) is -2.24. The lowest BCUT2D eigenvalue weighted by Crippen LogP contribution is -2.61. The number of aliphatic hydroxyl groups is 4. The Morgan fingerprint density at radius 1 is 1.31 bits per heavy atom. The van der Waals surface area contributed by atoms with Gasteiger partial charge in [0.2, 0.25) is 6.29 Å². The van der Waals surface area contributed by atoms with E-state index in [0.717, 1.165) is 12.8 Å². The molecule has 2 aliphatic rings. The van der Waals surface area contributed by atoms with Gasteiger partial charge in [0, 0.05) is 16.6 Å². The minimum atomic E-state index is -2.33. The van der Waals surface area contributed by atoms with Gasteiger partial charge < -0.3 is 40.3 Å². The molecule has 162 valence electrons. The summed E-state index contributed by atoms with van der Waals surface area (Å²) in [7, 11) is 0. The molecular weight excluding hydrogens is 382 g/mol. The summed E-state index contributed by atoms with van der Waals surface area (Å²) in [6, 6.07) is 6.30. The number of aliphatic carboxylic acids is 1. The molecule has 2 fully saturated rings. The van der Waals surface area contributed by atoms with Crippen molar-refractivity contribution in [2.45, 2.75) is 62.0 Å². The monoisotopic (exact) mass is 414 g/mol. The Labute approximate surface area is 173 Å². The van der Waals surface area contributed by atoms with Gasteiger partial charge in [-0.3, -0.25) is 0 Å². The number of hydrogen-bond donors (Lipinski definition) is 6. The fraction of sp³-hybridized carbons (Fsp3) is 0.650. The summed E-state index contributed by atoms with van der Waals surface area (Å²) in [5.41, 5.74) is -0.839. The summed E-state index contributed by atoms with van der Waals surface area (Å²) in [6.07, 6.45) is -6.06. The first kappa shape index (κ1) is 18.1. The molecule has 0 spiro atoms. The highest BCUT2D eigenvalue weighted by atomic mass is 16.7. The van der Waals surface area contributed by atoms with E-state index < -0.39 is 49.3 Å². The predicted molar refractivity (Wildman–Crippen MR) is 101 cm³/mol. The van der Waals surface area contributed by atoms with E-state index >= 15 is 0 Å². The second-order valence-electron chi connectivity index (χ2n) is 7.63. The van der Waals surface area contributed by atoms with Crippen LogP contribution in [0.25, 0.3) is 0 Å². The van der Waals surface area contributed by atoms with Crippen molar-refractivity contribution in [3.63, 3.8) is 0 Å². The highest BCUT2D eigenvalue weighted by Gasteiger charge is 2.48. The van der Waals surface area contributed by atoms with Gasteiger partial charge >= 0.3 is 5.97 Å².